The monoisotopic (exact) mass is 582 g/mol. The number of benzene rings is 5. The van der Waals surface area contributed by atoms with E-state index in [2.05, 4.69) is 21.1 Å². The molecule has 0 aliphatic rings. The van der Waals surface area contributed by atoms with Gasteiger partial charge in [-0.15, -0.1) is 0 Å². The van der Waals surface area contributed by atoms with Crippen LogP contribution in [0.3, 0.4) is 0 Å². The van der Waals surface area contributed by atoms with Gasteiger partial charge in [0, 0.05) is 0 Å². The summed E-state index contributed by atoms with van der Waals surface area (Å²) in [4.78, 5) is 26.5. The second-order valence-electron chi connectivity index (χ2n) is 9.95. The Morgan fingerprint density at radius 1 is 0.477 bits per heavy atom. The molecule has 2 amide bonds. The lowest BCUT2D eigenvalue weighted by atomic mass is 9.85. The number of carbonyl (C=O) groups is 2. The summed E-state index contributed by atoms with van der Waals surface area (Å²) in [5, 5.41) is 31.3. The molecule has 5 aromatic rings. The van der Waals surface area contributed by atoms with Gasteiger partial charge in [-0.05, 0) is 39.4 Å². The summed E-state index contributed by atoms with van der Waals surface area (Å²) in [6.45, 7) is 0. The average Bonchev–Trinajstić information content (AvgIpc) is 3.09. The van der Waals surface area contributed by atoms with Crippen LogP contribution in [0.15, 0.2) is 156 Å². The molecular formula is C36H30N4O4. The molecule has 0 spiro atoms. The average molecular weight is 583 g/mol. The number of nitrogens with zero attached hydrogens (tertiary/aromatic N) is 2. The molecule has 4 N–H and O–H groups in total. The summed E-state index contributed by atoms with van der Waals surface area (Å²) in [7, 11) is 0. The molecule has 0 bridgehead atoms. The Bertz CT molecular complexity index is 1550. The topological polar surface area (TPSA) is 123 Å². The summed E-state index contributed by atoms with van der Waals surface area (Å²) in [6, 6.07) is 41.7. The largest absolute Gasteiger partial charge is 0.372 e. The highest BCUT2D eigenvalue weighted by molar-refractivity contribution is 5.93. The third kappa shape index (κ3) is 6.37. The minimum Gasteiger partial charge on any atom is -0.372 e. The van der Waals surface area contributed by atoms with Gasteiger partial charge in [-0.2, -0.15) is 10.2 Å². The Morgan fingerprint density at radius 2 is 0.773 bits per heavy atom. The molecule has 0 aliphatic carbocycles. The quantitative estimate of drug-likeness (QED) is 0.143. The van der Waals surface area contributed by atoms with E-state index in [9.17, 15) is 19.8 Å². The summed E-state index contributed by atoms with van der Waals surface area (Å²) in [6.07, 6.45) is 2.88. The minimum absolute atomic E-state index is 0.408. The molecule has 5 aromatic carbocycles. The maximum absolute atomic E-state index is 13.3. The Kier molecular flexibility index (Phi) is 9.15. The van der Waals surface area contributed by atoms with Crippen molar-refractivity contribution < 1.29 is 19.8 Å². The number of amides is 2. The fourth-order valence-electron chi connectivity index (χ4n) is 4.79. The zero-order valence-corrected chi connectivity index (χ0v) is 23.6. The van der Waals surface area contributed by atoms with Crippen LogP contribution in [-0.4, -0.2) is 34.5 Å². The second kappa shape index (κ2) is 13.5. The third-order valence-electron chi connectivity index (χ3n) is 7.09. The molecule has 8 nitrogen and oxygen atoms in total. The maximum atomic E-state index is 13.3. The highest BCUT2D eigenvalue weighted by Gasteiger charge is 2.40. The van der Waals surface area contributed by atoms with Crippen molar-refractivity contribution in [2.24, 2.45) is 10.2 Å². The van der Waals surface area contributed by atoms with Gasteiger partial charge in [-0.25, -0.2) is 10.9 Å². The normalized spacial score (nSPS) is 11.9. The first-order valence-corrected chi connectivity index (χ1v) is 13.9. The van der Waals surface area contributed by atoms with Crippen LogP contribution in [0.25, 0.3) is 0 Å². The Hall–Kier alpha value is -5.70. The molecule has 0 atom stereocenters. The molecule has 0 unspecified atom stereocenters. The van der Waals surface area contributed by atoms with Gasteiger partial charge in [0.1, 0.15) is 0 Å². The van der Waals surface area contributed by atoms with Gasteiger partial charge in [-0.1, -0.05) is 140 Å². The third-order valence-corrected chi connectivity index (χ3v) is 7.09. The van der Waals surface area contributed by atoms with E-state index in [0.29, 0.717) is 33.4 Å². The number of nitrogens with one attached hydrogen (secondary N) is 2. The Morgan fingerprint density at radius 3 is 1.07 bits per heavy atom. The van der Waals surface area contributed by atoms with Crippen molar-refractivity contribution in [3.63, 3.8) is 0 Å². The first-order valence-electron chi connectivity index (χ1n) is 13.9. The van der Waals surface area contributed by atoms with E-state index in [1.807, 2.05) is 0 Å². The molecule has 5 rings (SSSR count). The first kappa shape index (κ1) is 29.8. The van der Waals surface area contributed by atoms with E-state index >= 15 is 0 Å². The minimum atomic E-state index is -1.95. The highest BCUT2D eigenvalue weighted by Crippen LogP contribution is 2.31. The predicted molar refractivity (Wildman–Crippen MR) is 170 cm³/mol. The van der Waals surface area contributed by atoms with Crippen LogP contribution >= 0.6 is 0 Å². The SMILES string of the molecule is O=C(N/N=C\c1cccc(/C=N\NC(=O)C(O)(c2ccccc2)c2ccccc2)c1)C(O)(c1ccccc1)c1ccccc1. The van der Waals surface area contributed by atoms with Gasteiger partial charge in [0.25, 0.3) is 11.8 Å². The number of hydrazone groups is 2. The van der Waals surface area contributed by atoms with Crippen LogP contribution in [0.2, 0.25) is 0 Å². The molecular weight excluding hydrogens is 552 g/mol. The lowest BCUT2D eigenvalue weighted by molar-refractivity contribution is -0.137. The Balaban J connectivity index is 1.29. The lowest BCUT2D eigenvalue weighted by Gasteiger charge is -2.27. The zero-order chi connectivity index (χ0) is 30.8. The molecule has 0 saturated heterocycles. The van der Waals surface area contributed by atoms with E-state index < -0.39 is 23.0 Å². The van der Waals surface area contributed by atoms with Crippen LogP contribution < -0.4 is 10.9 Å². The highest BCUT2D eigenvalue weighted by atomic mass is 16.3. The van der Waals surface area contributed by atoms with Crippen molar-refractivity contribution in [2.75, 3.05) is 0 Å². The van der Waals surface area contributed by atoms with E-state index in [1.54, 1.807) is 146 Å². The van der Waals surface area contributed by atoms with Crippen molar-refractivity contribution in [1.82, 2.24) is 10.9 Å². The molecule has 218 valence electrons. The zero-order valence-electron chi connectivity index (χ0n) is 23.6. The van der Waals surface area contributed by atoms with Gasteiger partial charge < -0.3 is 10.2 Å². The molecule has 0 saturated carbocycles. The molecule has 0 aromatic heterocycles. The second-order valence-corrected chi connectivity index (χ2v) is 9.95. The van der Waals surface area contributed by atoms with Gasteiger partial charge >= 0.3 is 0 Å². The fraction of sp³-hybridized carbons (Fsp3) is 0.0556. The van der Waals surface area contributed by atoms with Crippen LogP contribution in [-0.2, 0) is 20.8 Å². The number of rotatable bonds is 10. The molecule has 0 radical (unpaired) electrons. The van der Waals surface area contributed by atoms with E-state index in [0.717, 1.165) is 0 Å². The summed E-state index contributed by atoms with van der Waals surface area (Å²) >= 11 is 0. The van der Waals surface area contributed by atoms with Crippen molar-refractivity contribution >= 4 is 24.2 Å². The summed E-state index contributed by atoms with van der Waals surface area (Å²) in [5.74, 6) is -1.42. The van der Waals surface area contributed by atoms with E-state index in [1.165, 1.54) is 12.4 Å². The fourth-order valence-corrected chi connectivity index (χ4v) is 4.79. The van der Waals surface area contributed by atoms with Crippen molar-refractivity contribution in [3.8, 4) is 0 Å². The maximum Gasteiger partial charge on any atom is 0.281 e. The summed E-state index contributed by atoms with van der Waals surface area (Å²) < 4.78 is 0. The van der Waals surface area contributed by atoms with Crippen LogP contribution in [0.5, 0.6) is 0 Å². The Labute approximate surface area is 255 Å². The summed E-state index contributed by atoms with van der Waals surface area (Å²) in [5.41, 5.74) is 3.91. The van der Waals surface area contributed by atoms with Crippen LogP contribution in [0.1, 0.15) is 33.4 Å². The van der Waals surface area contributed by atoms with Gasteiger partial charge in [0.15, 0.2) is 11.2 Å². The number of carbonyl (C=O) groups excluding carboxylic acids is 2. The number of aliphatic hydroxyl groups is 2. The van der Waals surface area contributed by atoms with Gasteiger partial charge in [0.05, 0.1) is 12.4 Å². The van der Waals surface area contributed by atoms with E-state index in [-0.39, 0.29) is 0 Å². The predicted octanol–water partition coefficient (Wildman–Crippen LogP) is 4.46. The van der Waals surface area contributed by atoms with Gasteiger partial charge in [0.2, 0.25) is 0 Å². The van der Waals surface area contributed by atoms with Crippen molar-refractivity contribution in [2.45, 2.75) is 11.2 Å². The molecule has 0 aliphatic heterocycles. The van der Waals surface area contributed by atoms with E-state index in [4.69, 9.17) is 0 Å². The molecule has 8 heteroatoms. The number of hydrogen-bond acceptors (Lipinski definition) is 6. The van der Waals surface area contributed by atoms with Crippen molar-refractivity contribution in [3.05, 3.63) is 179 Å². The lowest BCUT2D eigenvalue weighted by Crippen LogP contribution is -2.43. The van der Waals surface area contributed by atoms with Gasteiger partial charge in [-0.3, -0.25) is 9.59 Å². The first-order chi connectivity index (χ1) is 21.4. The molecule has 44 heavy (non-hydrogen) atoms. The standard InChI is InChI=1S/C36H30N4O4/c41-33(35(43,29-16-5-1-6-17-29)30-18-7-2-8-19-30)39-37-25-27-14-13-15-28(24-27)26-38-40-34(42)36(44,31-20-9-3-10-21-31)32-22-11-4-12-23-32/h1-26,43-44H,(H,39,41)(H,40,42)/b37-25-,38-26-. The van der Waals surface area contributed by atoms with Crippen molar-refractivity contribution in [1.29, 1.82) is 0 Å². The molecule has 0 fully saturated rings. The van der Waals surface area contributed by atoms with Crippen LogP contribution in [0.4, 0.5) is 0 Å². The van der Waals surface area contributed by atoms with Crippen LogP contribution in [0, 0.1) is 0 Å². The number of hydrogen-bond donors (Lipinski definition) is 4. The molecule has 0 heterocycles. The smallest absolute Gasteiger partial charge is 0.281 e.